The van der Waals surface area contributed by atoms with Gasteiger partial charge in [-0.3, -0.25) is 24.0 Å². The van der Waals surface area contributed by atoms with Crippen molar-refractivity contribution in [3.63, 3.8) is 0 Å². The van der Waals surface area contributed by atoms with Crippen LogP contribution in [0, 0.1) is 22.7 Å². The molecule has 0 radical (unpaired) electrons. The average molecular weight is 582 g/mol. The van der Waals surface area contributed by atoms with E-state index in [-0.39, 0.29) is 24.8 Å². The van der Waals surface area contributed by atoms with Crippen molar-refractivity contribution in [1.29, 1.82) is 0 Å². The van der Waals surface area contributed by atoms with E-state index < -0.39 is 65.0 Å². The Bertz CT molecular complexity index is 1340. The highest BCUT2D eigenvalue weighted by molar-refractivity contribution is 6.01. The molecule has 2 aliphatic rings. The molecular weight excluding hydrogens is 538 g/mol. The number of ketones is 1. The Morgan fingerprint density at radius 2 is 1.83 bits per heavy atom. The van der Waals surface area contributed by atoms with Gasteiger partial charge in [0.05, 0.1) is 6.04 Å². The molecule has 228 valence electrons. The molecule has 2 aliphatic heterocycles. The lowest BCUT2D eigenvalue weighted by Gasteiger charge is -2.38. The van der Waals surface area contributed by atoms with Crippen molar-refractivity contribution in [1.82, 2.24) is 25.8 Å². The van der Waals surface area contributed by atoms with Crippen LogP contribution in [0.5, 0.6) is 0 Å². The van der Waals surface area contributed by atoms with E-state index in [9.17, 15) is 29.1 Å². The number of Topliss-reactive ketones (excluding diaryl/α,β-unsaturated/α-hetero) is 1. The molecule has 0 unspecified atom stereocenters. The quantitative estimate of drug-likeness (QED) is 0.303. The minimum Gasteiger partial charge on any atom is -0.389 e. The number of H-pyrrole nitrogens is 1. The van der Waals surface area contributed by atoms with Crippen LogP contribution in [0.4, 0.5) is 0 Å². The largest absolute Gasteiger partial charge is 0.389 e. The van der Waals surface area contributed by atoms with E-state index in [1.807, 2.05) is 65.8 Å². The molecular formula is C31H43N5O6. The van der Waals surface area contributed by atoms with Crippen LogP contribution in [-0.2, 0) is 19.2 Å². The molecule has 0 aliphatic carbocycles. The fourth-order valence-electron chi connectivity index (χ4n) is 6.01. The summed E-state index contributed by atoms with van der Waals surface area (Å²) in [5, 5.41) is 18.9. The summed E-state index contributed by atoms with van der Waals surface area (Å²) in [5.74, 6) is -2.68. The Labute approximate surface area is 246 Å². The van der Waals surface area contributed by atoms with E-state index in [1.54, 1.807) is 6.07 Å². The number of hydrogen-bond acceptors (Lipinski definition) is 6. The fraction of sp³-hybridized carbons (Fsp3) is 0.581. The summed E-state index contributed by atoms with van der Waals surface area (Å²) in [4.78, 5) is 70.9. The van der Waals surface area contributed by atoms with E-state index in [0.717, 1.165) is 10.9 Å². The first-order chi connectivity index (χ1) is 19.6. The third-order valence-electron chi connectivity index (χ3n) is 9.00. The molecule has 1 aromatic heterocycles. The van der Waals surface area contributed by atoms with Crippen molar-refractivity contribution < 1.29 is 29.1 Å². The second-order valence-corrected chi connectivity index (χ2v) is 13.4. The number of carbonyl (C=O) groups is 5. The van der Waals surface area contributed by atoms with Crippen LogP contribution in [0.15, 0.2) is 30.3 Å². The number of amides is 4. The number of likely N-dealkylation sites (tertiary alicyclic amines) is 1. The van der Waals surface area contributed by atoms with Gasteiger partial charge in [0.2, 0.25) is 17.7 Å². The molecule has 2 fully saturated rings. The molecule has 2 aromatic rings. The van der Waals surface area contributed by atoms with Gasteiger partial charge < -0.3 is 30.9 Å². The number of aliphatic hydroxyl groups excluding tert-OH is 1. The zero-order valence-corrected chi connectivity index (χ0v) is 25.2. The molecule has 2 saturated heterocycles. The van der Waals surface area contributed by atoms with Gasteiger partial charge in [-0.15, -0.1) is 0 Å². The van der Waals surface area contributed by atoms with Crippen LogP contribution in [0.1, 0.15) is 64.9 Å². The summed E-state index contributed by atoms with van der Waals surface area (Å²) in [5.41, 5.74) is -0.235. The maximum absolute atomic E-state index is 14.2. The Balaban J connectivity index is 1.59. The second-order valence-electron chi connectivity index (χ2n) is 13.4. The molecule has 11 heteroatoms. The van der Waals surface area contributed by atoms with Crippen molar-refractivity contribution in [2.75, 3.05) is 19.7 Å². The fourth-order valence-corrected chi connectivity index (χ4v) is 6.01. The van der Waals surface area contributed by atoms with Crippen molar-refractivity contribution in [3.8, 4) is 0 Å². The molecule has 0 saturated carbocycles. The average Bonchev–Trinajstić information content (AvgIpc) is 3.60. The van der Waals surface area contributed by atoms with Gasteiger partial charge in [0.25, 0.3) is 5.91 Å². The normalized spacial score (nSPS) is 23.4. The van der Waals surface area contributed by atoms with Crippen LogP contribution in [-0.4, -0.2) is 82.2 Å². The topological polar surface area (TPSA) is 161 Å². The number of carbonyl (C=O) groups excluding carboxylic acids is 5. The monoisotopic (exact) mass is 581 g/mol. The summed E-state index contributed by atoms with van der Waals surface area (Å²) < 4.78 is 0. The summed E-state index contributed by atoms with van der Waals surface area (Å²) in [6.45, 7) is 11.3. The molecule has 11 nitrogen and oxygen atoms in total. The van der Waals surface area contributed by atoms with Gasteiger partial charge in [-0.1, -0.05) is 59.7 Å². The highest BCUT2D eigenvalue weighted by Crippen LogP contribution is 2.42. The predicted octanol–water partition coefficient (Wildman–Crippen LogP) is 1.76. The lowest BCUT2D eigenvalue weighted by atomic mass is 9.77. The summed E-state index contributed by atoms with van der Waals surface area (Å²) in [6, 6.07) is 6.26. The third kappa shape index (κ3) is 6.21. The molecule has 0 spiro atoms. The maximum Gasteiger partial charge on any atom is 0.268 e. The lowest BCUT2D eigenvalue weighted by molar-refractivity contribution is -0.144. The summed E-state index contributed by atoms with van der Waals surface area (Å²) in [6.07, 6.45) is 0.600. The van der Waals surface area contributed by atoms with Gasteiger partial charge in [0, 0.05) is 29.9 Å². The number of nitrogens with one attached hydrogen (secondary N) is 4. The zero-order chi connectivity index (χ0) is 31.0. The second kappa shape index (κ2) is 11.9. The minimum absolute atomic E-state index is 0.0682. The molecule has 3 heterocycles. The number of aromatic nitrogens is 1. The van der Waals surface area contributed by atoms with E-state index >= 15 is 0 Å². The van der Waals surface area contributed by atoms with Crippen molar-refractivity contribution in [3.05, 3.63) is 36.0 Å². The SMILES string of the molecule is C[C@@H]1CN(C(=O)[C@@H](NC(=O)c2cc3ccccc3[nH]2)C(C)(C)C)[C@H](C(=O)N[C@@H](C[C@@H]2CCNC2=O)C(=O)CO)C1(C)C. The van der Waals surface area contributed by atoms with Gasteiger partial charge in [-0.25, -0.2) is 0 Å². The standard InChI is InChI=1S/C31H43N5O6/c1-17-15-36(25(31(17,5)6)28(41)34-21(23(38)16-37)14-19-11-12-32-26(19)39)29(42)24(30(2,3)4)35-27(40)22-13-18-9-7-8-10-20(18)33-22/h7-10,13,17,19,21,24-25,33,37H,11-12,14-16H2,1-6H3,(H,32,39)(H,34,41)(H,35,40)/t17-,19+,21+,24-,25-/m1/s1. The Morgan fingerprint density at radius 3 is 2.43 bits per heavy atom. The Hall–Kier alpha value is -3.73. The lowest BCUT2D eigenvalue weighted by Crippen LogP contribution is -2.60. The zero-order valence-electron chi connectivity index (χ0n) is 25.2. The van der Waals surface area contributed by atoms with Crippen LogP contribution in [0.3, 0.4) is 0 Å². The van der Waals surface area contributed by atoms with Gasteiger partial charge in [0.1, 0.15) is 24.4 Å². The molecule has 1 aromatic carbocycles. The van der Waals surface area contributed by atoms with E-state index in [2.05, 4.69) is 20.9 Å². The van der Waals surface area contributed by atoms with Crippen LogP contribution in [0.2, 0.25) is 0 Å². The van der Waals surface area contributed by atoms with Gasteiger partial charge in [0.15, 0.2) is 5.78 Å². The smallest absolute Gasteiger partial charge is 0.268 e. The maximum atomic E-state index is 14.2. The van der Waals surface area contributed by atoms with E-state index in [0.29, 0.717) is 18.7 Å². The molecule has 4 amide bonds. The number of fused-ring (bicyclic) bond motifs is 1. The molecule has 5 atom stereocenters. The van der Waals surface area contributed by atoms with Crippen molar-refractivity contribution >= 4 is 40.3 Å². The summed E-state index contributed by atoms with van der Waals surface area (Å²) in [7, 11) is 0. The number of benzene rings is 1. The first kappa shape index (κ1) is 31.2. The molecule has 4 rings (SSSR count). The first-order valence-corrected chi connectivity index (χ1v) is 14.6. The van der Waals surface area contributed by atoms with Crippen LogP contribution >= 0.6 is 0 Å². The molecule has 42 heavy (non-hydrogen) atoms. The third-order valence-corrected chi connectivity index (χ3v) is 9.00. The van der Waals surface area contributed by atoms with E-state index in [1.165, 1.54) is 4.90 Å². The Morgan fingerprint density at radius 1 is 1.14 bits per heavy atom. The number of para-hydroxylation sites is 1. The van der Waals surface area contributed by atoms with Gasteiger partial charge in [-0.05, 0) is 41.7 Å². The molecule has 5 N–H and O–H groups in total. The van der Waals surface area contributed by atoms with Crippen molar-refractivity contribution in [2.24, 2.45) is 22.7 Å². The van der Waals surface area contributed by atoms with Gasteiger partial charge >= 0.3 is 0 Å². The summed E-state index contributed by atoms with van der Waals surface area (Å²) >= 11 is 0. The highest BCUT2D eigenvalue weighted by atomic mass is 16.3. The number of hydrogen-bond donors (Lipinski definition) is 5. The number of rotatable bonds is 9. The number of aromatic amines is 1. The van der Waals surface area contributed by atoms with E-state index in [4.69, 9.17) is 0 Å². The molecule has 0 bridgehead atoms. The van der Waals surface area contributed by atoms with Gasteiger partial charge in [-0.2, -0.15) is 0 Å². The van der Waals surface area contributed by atoms with Crippen molar-refractivity contribution in [2.45, 2.75) is 72.5 Å². The van der Waals surface area contributed by atoms with Crippen LogP contribution < -0.4 is 16.0 Å². The predicted molar refractivity (Wildman–Crippen MR) is 157 cm³/mol. The highest BCUT2D eigenvalue weighted by Gasteiger charge is 2.54. The van der Waals surface area contributed by atoms with Crippen LogP contribution in [0.25, 0.3) is 10.9 Å². The number of nitrogens with zero attached hydrogens (tertiary/aromatic N) is 1. The minimum atomic E-state index is -1.07. The first-order valence-electron chi connectivity index (χ1n) is 14.6. The number of aliphatic hydroxyl groups is 1. The Kier molecular flexibility index (Phi) is 8.82.